The van der Waals surface area contributed by atoms with E-state index in [1.165, 1.54) is 12.3 Å². The molecule has 0 saturated carbocycles. The average Bonchev–Trinajstić information content (AvgIpc) is 2.72. The minimum Gasteiger partial charge on any atom is -0.477 e. The third kappa shape index (κ3) is 3.35. The van der Waals surface area contributed by atoms with Crippen molar-refractivity contribution in [3.8, 4) is 0 Å². The van der Waals surface area contributed by atoms with E-state index in [-0.39, 0.29) is 11.6 Å². The van der Waals surface area contributed by atoms with Gasteiger partial charge in [0.2, 0.25) is 0 Å². The molecule has 1 aliphatic rings. The highest BCUT2D eigenvalue weighted by Crippen LogP contribution is 2.21. The number of amides is 1. The van der Waals surface area contributed by atoms with Crippen molar-refractivity contribution in [2.45, 2.75) is 32.6 Å². The van der Waals surface area contributed by atoms with Crippen LogP contribution < -0.4 is 0 Å². The zero-order chi connectivity index (χ0) is 14.5. The molecule has 0 spiro atoms. The number of hydrogen-bond acceptors (Lipinski definition) is 3. The van der Waals surface area contributed by atoms with Gasteiger partial charge in [0.15, 0.2) is 0 Å². The molecular formula is C15H20N2O3. The molecule has 1 aliphatic heterocycles. The van der Waals surface area contributed by atoms with Gasteiger partial charge in [-0.05, 0) is 37.3 Å². The fraction of sp³-hybridized carbons (Fsp3) is 0.533. The molecule has 1 N–H and O–H groups in total. The molecule has 2 rings (SSSR count). The van der Waals surface area contributed by atoms with Crippen LogP contribution in [0.25, 0.3) is 0 Å². The number of nitrogens with zero attached hydrogens (tertiary/aromatic N) is 2. The lowest BCUT2D eigenvalue weighted by Gasteiger charge is -2.20. The van der Waals surface area contributed by atoms with Crippen molar-refractivity contribution < 1.29 is 14.7 Å². The topological polar surface area (TPSA) is 70.5 Å². The van der Waals surface area contributed by atoms with Crippen LogP contribution in [0.3, 0.4) is 0 Å². The first kappa shape index (κ1) is 14.5. The molecule has 0 aliphatic carbocycles. The first-order chi connectivity index (χ1) is 9.61. The van der Waals surface area contributed by atoms with Gasteiger partial charge < -0.3 is 10.0 Å². The molecule has 0 bridgehead atoms. The number of pyridine rings is 1. The summed E-state index contributed by atoms with van der Waals surface area (Å²) < 4.78 is 0. The van der Waals surface area contributed by atoms with Crippen molar-refractivity contribution in [2.75, 3.05) is 13.1 Å². The Labute approximate surface area is 118 Å². The summed E-state index contributed by atoms with van der Waals surface area (Å²) in [5, 5.41) is 8.93. The molecule has 0 unspecified atom stereocenters. The van der Waals surface area contributed by atoms with E-state index in [1.54, 1.807) is 6.07 Å². The van der Waals surface area contributed by atoms with E-state index in [9.17, 15) is 9.59 Å². The molecule has 108 valence electrons. The highest BCUT2D eigenvalue weighted by atomic mass is 16.4. The number of aromatic carboxylic acids is 1. The van der Waals surface area contributed by atoms with Gasteiger partial charge in [0, 0.05) is 24.8 Å². The summed E-state index contributed by atoms with van der Waals surface area (Å²) in [6.07, 6.45) is 5.74. The molecule has 20 heavy (non-hydrogen) atoms. The Hall–Kier alpha value is -1.91. The molecule has 5 nitrogen and oxygen atoms in total. The van der Waals surface area contributed by atoms with Crippen molar-refractivity contribution in [3.63, 3.8) is 0 Å². The number of carboxylic acid groups (broad SMARTS) is 1. The average molecular weight is 276 g/mol. The number of rotatable bonds is 3. The number of hydrogen-bond donors (Lipinski definition) is 1. The van der Waals surface area contributed by atoms with E-state index in [2.05, 4.69) is 11.9 Å². The predicted molar refractivity (Wildman–Crippen MR) is 74.7 cm³/mol. The maximum Gasteiger partial charge on any atom is 0.354 e. The normalized spacial score (nSPS) is 19.4. The Kier molecular flexibility index (Phi) is 4.71. The smallest absolute Gasteiger partial charge is 0.354 e. The number of carbonyl (C=O) groups excluding carboxylic acids is 1. The minimum absolute atomic E-state index is 0.0860. The first-order valence-electron chi connectivity index (χ1n) is 7.10. The number of aromatic nitrogens is 1. The van der Waals surface area contributed by atoms with Crippen LogP contribution in [-0.2, 0) is 0 Å². The molecule has 1 fully saturated rings. The Bertz CT molecular complexity index is 502. The highest BCUT2D eigenvalue weighted by molar-refractivity contribution is 5.96. The maximum atomic E-state index is 12.4. The zero-order valence-electron chi connectivity index (χ0n) is 11.7. The first-order valence-corrected chi connectivity index (χ1v) is 7.10. The predicted octanol–water partition coefficient (Wildman–Crippen LogP) is 2.43. The quantitative estimate of drug-likeness (QED) is 0.920. The van der Waals surface area contributed by atoms with E-state index in [0.29, 0.717) is 11.5 Å². The fourth-order valence-electron chi connectivity index (χ4n) is 2.64. The maximum absolute atomic E-state index is 12.4. The van der Waals surface area contributed by atoms with Crippen LogP contribution in [0.15, 0.2) is 18.3 Å². The second kappa shape index (κ2) is 6.50. The van der Waals surface area contributed by atoms with E-state index in [1.807, 2.05) is 4.90 Å². The van der Waals surface area contributed by atoms with Crippen LogP contribution in [0.1, 0.15) is 53.5 Å². The molecule has 1 aromatic rings. The standard InChI is InChI=1S/C15H20N2O3/c1-2-11-4-3-8-17(9-6-11)14(18)12-5-7-16-13(10-12)15(19)20/h5,7,10-11H,2-4,6,8-9H2,1H3,(H,19,20)/t11-/m1/s1. The summed E-state index contributed by atoms with van der Waals surface area (Å²) in [4.78, 5) is 28.9. The molecule has 1 atom stereocenters. The molecule has 0 radical (unpaired) electrons. The minimum atomic E-state index is -1.11. The lowest BCUT2D eigenvalue weighted by molar-refractivity contribution is 0.0690. The van der Waals surface area contributed by atoms with E-state index >= 15 is 0 Å². The van der Waals surface area contributed by atoms with E-state index in [0.717, 1.165) is 38.8 Å². The number of likely N-dealkylation sites (tertiary alicyclic amines) is 1. The van der Waals surface area contributed by atoms with Crippen molar-refractivity contribution in [1.82, 2.24) is 9.88 Å². The Morgan fingerprint density at radius 1 is 1.40 bits per heavy atom. The summed E-state index contributed by atoms with van der Waals surface area (Å²) in [7, 11) is 0. The van der Waals surface area contributed by atoms with Crippen LogP contribution in [0.5, 0.6) is 0 Å². The van der Waals surface area contributed by atoms with Gasteiger partial charge in [-0.15, -0.1) is 0 Å². The lowest BCUT2D eigenvalue weighted by atomic mass is 9.98. The van der Waals surface area contributed by atoms with Crippen molar-refractivity contribution in [1.29, 1.82) is 0 Å². The highest BCUT2D eigenvalue weighted by Gasteiger charge is 2.21. The molecule has 1 aromatic heterocycles. The summed E-state index contributed by atoms with van der Waals surface area (Å²) in [6, 6.07) is 2.93. The Balaban J connectivity index is 2.10. The van der Waals surface area contributed by atoms with Gasteiger partial charge in [0.1, 0.15) is 5.69 Å². The largest absolute Gasteiger partial charge is 0.477 e. The van der Waals surface area contributed by atoms with Crippen LogP contribution in [0.2, 0.25) is 0 Å². The van der Waals surface area contributed by atoms with Gasteiger partial charge in [-0.25, -0.2) is 9.78 Å². The summed E-state index contributed by atoms with van der Waals surface area (Å²) >= 11 is 0. The number of carboxylic acids is 1. The van der Waals surface area contributed by atoms with Gasteiger partial charge >= 0.3 is 5.97 Å². The van der Waals surface area contributed by atoms with Gasteiger partial charge in [0.25, 0.3) is 5.91 Å². The van der Waals surface area contributed by atoms with Crippen LogP contribution in [-0.4, -0.2) is 40.0 Å². The van der Waals surface area contributed by atoms with Crippen molar-refractivity contribution >= 4 is 11.9 Å². The molecule has 1 saturated heterocycles. The number of carbonyl (C=O) groups is 2. The van der Waals surface area contributed by atoms with Crippen LogP contribution in [0.4, 0.5) is 0 Å². The van der Waals surface area contributed by atoms with Crippen molar-refractivity contribution in [3.05, 3.63) is 29.6 Å². The molecule has 5 heteroatoms. The zero-order valence-corrected chi connectivity index (χ0v) is 11.7. The molecule has 2 heterocycles. The summed E-state index contributed by atoms with van der Waals surface area (Å²) in [5.74, 6) is -0.506. The Morgan fingerprint density at radius 2 is 2.20 bits per heavy atom. The fourth-order valence-corrected chi connectivity index (χ4v) is 2.64. The van der Waals surface area contributed by atoms with Gasteiger partial charge in [-0.2, -0.15) is 0 Å². The van der Waals surface area contributed by atoms with Crippen LogP contribution in [0, 0.1) is 5.92 Å². The van der Waals surface area contributed by atoms with Gasteiger partial charge in [-0.3, -0.25) is 4.79 Å². The van der Waals surface area contributed by atoms with E-state index in [4.69, 9.17) is 5.11 Å². The molecular weight excluding hydrogens is 256 g/mol. The van der Waals surface area contributed by atoms with E-state index < -0.39 is 5.97 Å². The molecule has 1 amide bonds. The lowest BCUT2D eigenvalue weighted by Crippen LogP contribution is -2.32. The van der Waals surface area contributed by atoms with Gasteiger partial charge in [0.05, 0.1) is 0 Å². The third-order valence-electron chi connectivity index (χ3n) is 3.94. The SMILES string of the molecule is CC[C@@H]1CCCN(C(=O)c2ccnc(C(=O)O)c2)CC1. The second-order valence-corrected chi connectivity index (χ2v) is 5.23. The second-order valence-electron chi connectivity index (χ2n) is 5.23. The Morgan fingerprint density at radius 3 is 2.90 bits per heavy atom. The monoisotopic (exact) mass is 276 g/mol. The summed E-state index contributed by atoms with van der Waals surface area (Å²) in [5.41, 5.74) is 0.324. The summed E-state index contributed by atoms with van der Waals surface area (Å²) in [6.45, 7) is 3.69. The van der Waals surface area contributed by atoms with Gasteiger partial charge in [-0.1, -0.05) is 13.3 Å². The third-order valence-corrected chi connectivity index (χ3v) is 3.94. The molecule has 0 aromatic carbocycles. The van der Waals surface area contributed by atoms with Crippen LogP contribution >= 0.6 is 0 Å². The van der Waals surface area contributed by atoms with Crippen molar-refractivity contribution in [2.24, 2.45) is 5.92 Å².